The minimum atomic E-state index is -0.568. The van der Waals surface area contributed by atoms with Crippen LogP contribution in [0.15, 0.2) is 0 Å². The molecule has 4 N–H and O–H groups in total. The molecule has 0 spiro atoms. The molecule has 1 rings (SSSR count). The molecular formula is C13H24N2O5. The summed E-state index contributed by atoms with van der Waals surface area (Å²) in [5.41, 5.74) is 0. The van der Waals surface area contributed by atoms with E-state index in [0.717, 1.165) is 0 Å². The number of aliphatic hydroxyl groups is 2. The second-order valence-corrected chi connectivity index (χ2v) is 5.19. The lowest BCUT2D eigenvalue weighted by molar-refractivity contribution is -0.124. The Morgan fingerprint density at radius 3 is 2.55 bits per heavy atom. The van der Waals surface area contributed by atoms with Gasteiger partial charge in [-0.05, 0) is 19.3 Å². The molecule has 1 saturated carbocycles. The van der Waals surface area contributed by atoms with Crippen molar-refractivity contribution in [3.05, 3.63) is 0 Å². The van der Waals surface area contributed by atoms with Gasteiger partial charge in [0.1, 0.15) is 0 Å². The van der Waals surface area contributed by atoms with Gasteiger partial charge in [-0.3, -0.25) is 9.59 Å². The number of amides is 2. The normalized spacial score (nSPS) is 27.7. The average Bonchev–Trinajstić information content (AvgIpc) is 2.37. The second-order valence-electron chi connectivity index (χ2n) is 5.19. The van der Waals surface area contributed by atoms with Gasteiger partial charge in [0.05, 0.1) is 31.0 Å². The zero-order valence-electron chi connectivity index (χ0n) is 12.0. The number of hydrogen-bond acceptors (Lipinski definition) is 5. The monoisotopic (exact) mass is 288 g/mol. The second kappa shape index (κ2) is 8.18. The van der Waals surface area contributed by atoms with Crippen molar-refractivity contribution >= 4 is 11.8 Å². The van der Waals surface area contributed by atoms with Crippen LogP contribution < -0.4 is 10.6 Å². The first-order valence-corrected chi connectivity index (χ1v) is 6.88. The predicted molar refractivity (Wildman–Crippen MR) is 71.9 cm³/mol. The molecule has 0 radical (unpaired) electrons. The summed E-state index contributed by atoms with van der Waals surface area (Å²) in [4.78, 5) is 21.9. The molecule has 0 heterocycles. The molecule has 116 valence electrons. The quantitative estimate of drug-likeness (QED) is 0.497. The van der Waals surface area contributed by atoms with Gasteiger partial charge in [0, 0.05) is 20.4 Å². The van der Waals surface area contributed by atoms with Crippen molar-refractivity contribution in [3.63, 3.8) is 0 Å². The molecule has 0 aliphatic heterocycles. The van der Waals surface area contributed by atoms with Gasteiger partial charge >= 0.3 is 0 Å². The lowest BCUT2D eigenvalue weighted by Crippen LogP contribution is -2.49. The van der Waals surface area contributed by atoms with Crippen molar-refractivity contribution in [2.75, 3.05) is 13.2 Å². The number of ether oxygens (including phenoxy) is 1. The first-order valence-electron chi connectivity index (χ1n) is 6.88. The maximum atomic E-state index is 11.1. The van der Waals surface area contributed by atoms with Crippen LogP contribution in [0.5, 0.6) is 0 Å². The van der Waals surface area contributed by atoms with Crippen molar-refractivity contribution < 1.29 is 24.5 Å². The van der Waals surface area contributed by atoms with Gasteiger partial charge in [-0.2, -0.15) is 0 Å². The Balaban J connectivity index is 2.45. The van der Waals surface area contributed by atoms with Crippen molar-refractivity contribution in [3.8, 4) is 0 Å². The Bertz CT molecular complexity index is 337. The highest BCUT2D eigenvalue weighted by Crippen LogP contribution is 2.23. The standard InChI is InChI=1S/C13H24N2O5/c1-8(17)14-6-11(7-16)20-10-3-4-13(19)12(5-10)15-9(2)18/h10-13,16,19H,3-7H2,1-2H3,(H,14,17)(H,15,18)/t10?,11?,12-,13-/m1/s1. The van der Waals surface area contributed by atoms with Crippen molar-refractivity contribution in [1.82, 2.24) is 10.6 Å². The van der Waals surface area contributed by atoms with Crippen LogP contribution in [-0.2, 0) is 14.3 Å². The van der Waals surface area contributed by atoms with E-state index in [1.165, 1.54) is 13.8 Å². The van der Waals surface area contributed by atoms with Gasteiger partial charge in [-0.1, -0.05) is 0 Å². The van der Waals surface area contributed by atoms with E-state index in [9.17, 15) is 19.8 Å². The first kappa shape index (κ1) is 16.9. The third kappa shape index (κ3) is 5.85. The van der Waals surface area contributed by atoms with E-state index in [1.807, 2.05) is 0 Å². The number of aliphatic hydroxyl groups excluding tert-OH is 2. The average molecular weight is 288 g/mol. The van der Waals surface area contributed by atoms with Gasteiger partial charge < -0.3 is 25.6 Å². The fourth-order valence-electron chi connectivity index (χ4n) is 2.34. The van der Waals surface area contributed by atoms with Crippen LogP contribution in [0.3, 0.4) is 0 Å². The van der Waals surface area contributed by atoms with Crippen LogP contribution in [0, 0.1) is 0 Å². The summed E-state index contributed by atoms with van der Waals surface area (Å²) in [6.45, 7) is 2.86. The molecule has 4 atom stereocenters. The fourth-order valence-corrected chi connectivity index (χ4v) is 2.34. The number of carbonyl (C=O) groups is 2. The van der Waals surface area contributed by atoms with Crippen LogP contribution >= 0.6 is 0 Å². The van der Waals surface area contributed by atoms with Gasteiger partial charge in [0.2, 0.25) is 11.8 Å². The molecule has 0 aromatic heterocycles. The highest BCUT2D eigenvalue weighted by atomic mass is 16.5. The van der Waals surface area contributed by atoms with E-state index >= 15 is 0 Å². The summed E-state index contributed by atoms with van der Waals surface area (Å²) in [5, 5.41) is 24.4. The molecule has 0 saturated heterocycles. The van der Waals surface area contributed by atoms with E-state index in [-0.39, 0.29) is 37.1 Å². The molecular weight excluding hydrogens is 264 g/mol. The van der Waals surface area contributed by atoms with Crippen LogP contribution in [0.1, 0.15) is 33.1 Å². The summed E-state index contributed by atoms with van der Waals surface area (Å²) in [6.07, 6.45) is 0.499. The van der Waals surface area contributed by atoms with E-state index in [4.69, 9.17) is 4.74 Å². The van der Waals surface area contributed by atoms with Gasteiger partial charge in [-0.25, -0.2) is 0 Å². The Morgan fingerprint density at radius 2 is 2.00 bits per heavy atom. The zero-order chi connectivity index (χ0) is 15.1. The fraction of sp³-hybridized carbons (Fsp3) is 0.846. The molecule has 20 heavy (non-hydrogen) atoms. The maximum Gasteiger partial charge on any atom is 0.217 e. The molecule has 1 fully saturated rings. The SMILES string of the molecule is CC(=O)NCC(CO)OC1CC[C@@H](O)[C@H](NC(C)=O)C1. The lowest BCUT2D eigenvalue weighted by Gasteiger charge is -2.35. The third-order valence-corrected chi connectivity index (χ3v) is 3.32. The van der Waals surface area contributed by atoms with Crippen molar-refractivity contribution in [2.24, 2.45) is 0 Å². The summed E-state index contributed by atoms with van der Waals surface area (Å²) >= 11 is 0. The van der Waals surface area contributed by atoms with Crippen LogP contribution in [0.25, 0.3) is 0 Å². The van der Waals surface area contributed by atoms with E-state index in [0.29, 0.717) is 19.3 Å². The lowest BCUT2D eigenvalue weighted by atomic mass is 9.90. The van der Waals surface area contributed by atoms with Gasteiger partial charge in [-0.15, -0.1) is 0 Å². The Kier molecular flexibility index (Phi) is 6.90. The number of rotatable bonds is 6. The van der Waals surface area contributed by atoms with Crippen LogP contribution in [0.4, 0.5) is 0 Å². The smallest absolute Gasteiger partial charge is 0.217 e. The Labute approximate surface area is 118 Å². The third-order valence-electron chi connectivity index (χ3n) is 3.32. The molecule has 0 aromatic rings. The van der Waals surface area contributed by atoms with Crippen LogP contribution in [-0.4, -0.2) is 59.5 Å². The number of carbonyl (C=O) groups excluding carboxylic acids is 2. The molecule has 7 nitrogen and oxygen atoms in total. The molecule has 0 aromatic carbocycles. The van der Waals surface area contributed by atoms with E-state index in [1.54, 1.807) is 0 Å². The summed E-state index contributed by atoms with van der Waals surface area (Å²) < 4.78 is 5.72. The Hall–Kier alpha value is -1.18. The first-order chi connectivity index (χ1) is 9.42. The van der Waals surface area contributed by atoms with Crippen molar-refractivity contribution in [2.45, 2.75) is 57.5 Å². The minimum absolute atomic E-state index is 0.152. The van der Waals surface area contributed by atoms with Crippen LogP contribution in [0.2, 0.25) is 0 Å². The molecule has 1 aliphatic rings. The topological polar surface area (TPSA) is 108 Å². The summed E-state index contributed by atoms with van der Waals surface area (Å²) in [6, 6.07) is -0.327. The predicted octanol–water partition coefficient (Wildman–Crippen LogP) is -1.08. The highest BCUT2D eigenvalue weighted by Gasteiger charge is 2.31. The van der Waals surface area contributed by atoms with Gasteiger partial charge in [0.15, 0.2) is 0 Å². The molecule has 2 unspecified atom stereocenters. The molecule has 2 amide bonds. The number of hydrogen-bond donors (Lipinski definition) is 4. The molecule has 1 aliphatic carbocycles. The molecule has 0 bridgehead atoms. The minimum Gasteiger partial charge on any atom is -0.394 e. The van der Waals surface area contributed by atoms with Crippen molar-refractivity contribution in [1.29, 1.82) is 0 Å². The van der Waals surface area contributed by atoms with Gasteiger partial charge in [0.25, 0.3) is 0 Å². The number of nitrogens with one attached hydrogen (secondary N) is 2. The Morgan fingerprint density at radius 1 is 1.30 bits per heavy atom. The van der Waals surface area contributed by atoms with E-state index < -0.39 is 12.2 Å². The zero-order valence-corrected chi connectivity index (χ0v) is 12.0. The largest absolute Gasteiger partial charge is 0.394 e. The highest BCUT2D eigenvalue weighted by molar-refractivity contribution is 5.73. The molecule has 7 heteroatoms. The van der Waals surface area contributed by atoms with E-state index in [2.05, 4.69) is 10.6 Å². The maximum absolute atomic E-state index is 11.1. The summed E-state index contributed by atoms with van der Waals surface area (Å²) in [5.74, 6) is -0.367. The summed E-state index contributed by atoms with van der Waals surface area (Å²) in [7, 11) is 0.